The van der Waals surface area contributed by atoms with Gasteiger partial charge in [0.2, 0.25) is 0 Å². The van der Waals surface area contributed by atoms with E-state index in [4.69, 9.17) is 12.2 Å². The van der Waals surface area contributed by atoms with E-state index in [0.717, 1.165) is 13.1 Å². The molecule has 0 aromatic carbocycles. The van der Waals surface area contributed by atoms with E-state index in [-0.39, 0.29) is 6.15 Å². The Balaban J connectivity index is 0.000000810. The van der Waals surface area contributed by atoms with Crippen molar-refractivity contribution in [3.05, 3.63) is 0 Å². The Kier molecular flexibility index (Phi) is 4.98. The van der Waals surface area contributed by atoms with Crippen LogP contribution in [0.5, 0.6) is 0 Å². The average Bonchev–Trinajstić information content (AvgIpc) is 2.15. The Morgan fingerprint density at radius 2 is 1.90 bits per heavy atom. The average molecular weight is 179 g/mol. The predicted molar refractivity (Wildman–Crippen MR) is 50.5 cm³/mol. The molecule has 4 N–H and O–H groups in total. The molecule has 1 heterocycles. The molecule has 1 saturated heterocycles. The summed E-state index contributed by atoms with van der Waals surface area (Å²) in [5.41, 5.74) is 2.97. The second-order valence-corrected chi connectivity index (χ2v) is 3.27. The van der Waals surface area contributed by atoms with Gasteiger partial charge in [-0.25, -0.2) is 5.01 Å². The molecular formula is C5H13N3S2. The lowest BCUT2D eigenvalue weighted by molar-refractivity contribution is 0.300. The monoisotopic (exact) mass is 179 g/mol. The smallest absolute Gasteiger partial charge is 0.145 e. The highest BCUT2D eigenvalue weighted by atomic mass is 32.1. The number of nitrogens with zero attached hydrogens (tertiary/aromatic N) is 1. The Labute approximate surface area is 72.1 Å². The number of hydrazine groups is 1. The van der Waals surface area contributed by atoms with Crippen molar-refractivity contribution in [1.29, 1.82) is 0 Å². The van der Waals surface area contributed by atoms with Crippen LogP contribution in [0.4, 0.5) is 0 Å². The van der Waals surface area contributed by atoms with Crippen molar-refractivity contribution < 1.29 is 0 Å². The zero-order valence-electron chi connectivity index (χ0n) is 5.84. The Morgan fingerprint density at radius 1 is 1.40 bits per heavy atom. The summed E-state index contributed by atoms with van der Waals surface area (Å²) in [5.74, 6) is 0. The highest BCUT2D eigenvalue weighted by Gasteiger charge is 2.09. The van der Waals surface area contributed by atoms with Gasteiger partial charge in [0.15, 0.2) is 0 Å². The van der Waals surface area contributed by atoms with E-state index in [0.29, 0.717) is 4.32 Å². The van der Waals surface area contributed by atoms with Crippen LogP contribution in [-0.2, 0) is 0 Å². The van der Waals surface area contributed by atoms with Crippen molar-refractivity contribution in [3.8, 4) is 0 Å². The molecule has 0 aromatic rings. The summed E-state index contributed by atoms with van der Waals surface area (Å²) in [4.78, 5) is 0. The maximum Gasteiger partial charge on any atom is 0.145 e. The Hall–Kier alpha value is 0.160. The predicted octanol–water partition coefficient (Wildman–Crippen LogP) is 0.964. The molecule has 5 heteroatoms. The minimum absolute atomic E-state index is 0. The maximum atomic E-state index is 4.74. The van der Waals surface area contributed by atoms with Gasteiger partial charge in [-0.05, 0) is 12.8 Å². The van der Waals surface area contributed by atoms with Gasteiger partial charge in [-0.1, -0.05) is 12.2 Å². The molecule has 10 heavy (non-hydrogen) atoms. The molecule has 0 amide bonds. The molecule has 1 aliphatic rings. The van der Waals surface area contributed by atoms with Gasteiger partial charge < -0.3 is 11.6 Å². The van der Waals surface area contributed by atoms with Crippen molar-refractivity contribution in [2.24, 2.45) is 0 Å². The Bertz CT molecular complexity index is 111. The number of thiol groups is 1. The van der Waals surface area contributed by atoms with Gasteiger partial charge >= 0.3 is 0 Å². The van der Waals surface area contributed by atoms with Crippen LogP contribution in [0.3, 0.4) is 0 Å². The van der Waals surface area contributed by atoms with Crippen LogP contribution in [-0.4, -0.2) is 22.4 Å². The highest BCUT2D eigenvalue weighted by molar-refractivity contribution is 8.11. The van der Waals surface area contributed by atoms with Crippen LogP contribution >= 0.6 is 24.8 Å². The van der Waals surface area contributed by atoms with E-state index in [1.807, 2.05) is 0 Å². The third kappa shape index (κ3) is 3.36. The molecule has 0 spiro atoms. The molecule has 0 aromatic heterocycles. The molecule has 0 radical (unpaired) electrons. The van der Waals surface area contributed by atoms with Gasteiger partial charge in [-0.2, -0.15) is 0 Å². The highest BCUT2D eigenvalue weighted by Crippen LogP contribution is 2.03. The van der Waals surface area contributed by atoms with E-state index < -0.39 is 0 Å². The summed E-state index contributed by atoms with van der Waals surface area (Å²) in [6, 6.07) is 0. The van der Waals surface area contributed by atoms with E-state index in [9.17, 15) is 0 Å². The van der Waals surface area contributed by atoms with Gasteiger partial charge in [-0.3, -0.25) is 0 Å². The molecule has 3 nitrogen and oxygen atoms in total. The number of hydrogen-bond acceptors (Lipinski definition) is 3. The first-order valence-electron chi connectivity index (χ1n) is 3.03. The fourth-order valence-corrected chi connectivity index (χ4v) is 1.23. The minimum Gasteiger partial charge on any atom is -0.344 e. The number of nitrogens with one attached hydrogen (secondary N) is 1. The van der Waals surface area contributed by atoms with Crippen LogP contribution in [0.25, 0.3) is 0 Å². The second kappa shape index (κ2) is 4.90. The molecule has 0 unspecified atom stereocenters. The minimum atomic E-state index is 0. The molecule has 0 saturated carbocycles. The third-order valence-corrected chi connectivity index (χ3v) is 1.55. The lowest BCUT2D eigenvalue weighted by Gasteiger charge is -2.14. The standard InChI is InChI=1S/C5H10N2S2.H3N/c8-5(9)6-7-3-1-2-4-7;/h1-4H2,(H2,6,8,9);1H3. The van der Waals surface area contributed by atoms with Crippen LogP contribution in [0.2, 0.25) is 0 Å². The lowest BCUT2D eigenvalue weighted by Crippen LogP contribution is -2.36. The van der Waals surface area contributed by atoms with E-state index in [2.05, 4.69) is 23.1 Å². The van der Waals surface area contributed by atoms with Gasteiger partial charge in [0.25, 0.3) is 0 Å². The van der Waals surface area contributed by atoms with Crippen LogP contribution < -0.4 is 11.6 Å². The van der Waals surface area contributed by atoms with E-state index in [1.165, 1.54) is 12.8 Å². The van der Waals surface area contributed by atoms with Crippen molar-refractivity contribution in [1.82, 2.24) is 16.6 Å². The van der Waals surface area contributed by atoms with Gasteiger partial charge in [-0.15, -0.1) is 12.6 Å². The lowest BCUT2D eigenvalue weighted by atomic mass is 10.4. The number of hydrogen-bond donors (Lipinski definition) is 3. The number of thiocarbonyl (C=S) groups is 1. The normalized spacial score (nSPS) is 18.1. The molecule has 0 atom stereocenters. The van der Waals surface area contributed by atoms with Gasteiger partial charge in [0.05, 0.1) is 0 Å². The fourth-order valence-electron chi connectivity index (χ4n) is 0.964. The third-order valence-electron chi connectivity index (χ3n) is 1.36. The largest absolute Gasteiger partial charge is 0.344 e. The molecule has 1 fully saturated rings. The van der Waals surface area contributed by atoms with Crippen LogP contribution in [0.15, 0.2) is 0 Å². The molecule has 0 aliphatic carbocycles. The van der Waals surface area contributed by atoms with Gasteiger partial charge in [0.1, 0.15) is 4.32 Å². The quantitative estimate of drug-likeness (QED) is 0.414. The maximum absolute atomic E-state index is 4.74. The summed E-state index contributed by atoms with van der Waals surface area (Å²) in [6.07, 6.45) is 2.53. The first kappa shape index (κ1) is 10.2. The summed E-state index contributed by atoms with van der Waals surface area (Å²) in [6.45, 7) is 2.20. The molecule has 60 valence electrons. The Morgan fingerprint density at radius 3 is 2.30 bits per heavy atom. The van der Waals surface area contributed by atoms with Crippen molar-refractivity contribution in [2.75, 3.05) is 13.1 Å². The van der Waals surface area contributed by atoms with Crippen LogP contribution in [0, 0.1) is 0 Å². The molecular weight excluding hydrogens is 166 g/mol. The fraction of sp³-hybridized carbons (Fsp3) is 0.800. The summed E-state index contributed by atoms with van der Waals surface area (Å²) >= 11 is 8.70. The van der Waals surface area contributed by atoms with Crippen molar-refractivity contribution in [2.45, 2.75) is 12.8 Å². The molecule has 1 rings (SSSR count). The van der Waals surface area contributed by atoms with Crippen molar-refractivity contribution >= 4 is 29.2 Å². The molecule has 0 bridgehead atoms. The summed E-state index contributed by atoms with van der Waals surface area (Å²) < 4.78 is 0.567. The van der Waals surface area contributed by atoms with Gasteiger partial charge in [0, 0.05) is 13.1 Å². The SMILES string of the molecule is N.S=C(S)NN1CCCC1. The molecule has 1 aliphatic heterocycles. The second-order valence-electron chi connectivity index (χ2n) is 2.11. The first-order valence-corrected chi connectivity index (χ1v) is 3.89. The zero-order valence-corrected chi connectivity index (χ0v) is 7.55. The van der Waals surface area contributed by atoms with Crippen LogP contribution in [0.1, 0.15) is 12.8 Å². The first-order chi connectivity index (χ1) is 4.29. The number of rotatable bonds is 1. The van der Waals surface area contributed by atoms with E-state index in [1.54, 1.807) is 0 Å². The zero-order chi connectivity index (χ0) is 6.69. The van der Waals surface area contributed by atoms with Crippen molar-refractivity contribution in [3.63, 3.8) is 0 Å². The topological polar surface area (TPSA) is 50.3 Å². The van der Waals surface area contributed by atoms with E-state index >= 15 is 0 Å². The summed E-state index contributed by atoms with van der Waals surface area (Å²) in [7, 11) is 0. The summed E-state index contributed by atoms with van der Waals surface area (Å²) in [5, 5.41) is 2.09.